The molecule has 88 valence electrons. The standard InChI is InChI=1S/C12H12NO3P/c13-17(14,15)12-8-6-11(7-9-12)16-10-4-2-1-3-5-10/h1-9H,(H3,13,14,15). The van der Waals surface area contributed by atoms with Crippen LogP contribution in [0.4, 0.5) is 0 Å². The van der Waals surface area contributed by atoms with Crippen LogP contribution < -0.4 is 15.5 Å². The monoisotopic (exact) mass is 249 g/mol. The Morgan fingerprint density at radius 2 is 1.47 bits per heavy atom. The molecule has 0 saturated heterocycles. The van der Waals surface area contributed by atoms with Crippen molar-refractivity contribution >= 4 is 12.8 Å². The van der Waals surface area contributed by atoms with Crippen molar-refractivity contribution in [1.29, 1.82) is 0 Å². The maximum Gasteiger partial charge on any atom is 0.294 e. The first-order valence-corrected chi connectivity index (χ1v) is 6.73. The summed E-state index contributed by atoms with van der Waals surface area (Å²) in [6.07, 6.45) is 0. The van der Waals surface area contributed by atoms with Crippen LogP contribution in [0.1, 0.15) is 0 Å². The van der Waals surface area contributed by atoms with E-state index in [1.165, 1.54) is 12.1 Å². The van der Waals surface area contributed by atoms with E-state index in [0.29, 0.717) is 11.5 Å². The topological polar surface area (TPSA) is 72.6 Å². The van der Waals surface area contributed by atoms with Crippen molar-refractivity contribution in [1.82, 2.24) is 0 Å². The van der Waals surface area contributed by atoms with E-state index in [4.69, 9.17) is 15.1 Å². The number of nitrogens with two attached hydrogens (primary N) is 1. The predicted molar refractivity (Wildman–Crippen MR) is 66.6 cm³/mol. The van der Waals surface area contributed by atoms with Crippen molar-refractivity contribution in [3.05, 3.63) is 54.6 Å². The third kappa shape index (κ3) is 3.17. The first kappa shape index (κ1) is 11.9. The third-order valence-corrected chi connectivity index (χ3v) is 3.22. The van der Waals surface area contributed by atoms with Gasteiger partial charge in [-0.1, -0.05) is 18.2 Å². The second kappa shape index (κ2) is 4.72. The highest BCUT2D eigenvalue weighted by atomic mass is 31.2. The quantitative estimate of drug-likeness (QED) is 0.818. The molecule has 5 heteroatoms. The van der Waals surface area contributed by atoms with Crippen LogP contribution in [0.3, 0.4) is 0 Å². The van der Waals surface area contributed by atoms with E-state index in [1.807, 2.05) is 30.3 Å². The molecule has 4 nitrogen and oxygen atoms in total. The van der Waals surface area contributed by atoms with Gasteiger partial charge in [0.25, 0.3) is 7.52 Å². The second-order valence-corrected chi connectivity index (χ2v) is 5.29. The largest absolute Gasteiger partial charge is 0.457 e. The van der Waals surface area contributed by atoms with Gasteiger partial charge in [-0.15, -0.1) is 0 Å². The van der Waals surface area contributed by atoms with Gasteiger partial charge in [0.2, 0.25) is 0 Å². The Kier molecular flexibility index (Phi) is 3.29. The predicted octanol–water partition coefficient (Wildman–Crippen LogP) is 2.25. The maximum absolute atomic E-state index is 11.2. The van der Waals surface area contributed by atoms with Crippen molar-refractivity contribution in [3.63, 3.8) is 0 Å². The Labute approximate surface area is 99.2 Å². The highest BCUT2D eigenvalue weighted by Gasteiger charge is 2.13. The molecule has 1 unspecified atom stereocenters. The lowest BCUT2D eigenvalue weighted by Crippen LogP contribution is -2.10. The average Bonchev–Trinajstić information content (AvgIpc) is 2.30. The molecule has 0 aliphatic heterocycles. The zero-order valence-electron chi connectivity index (χ0n) is 8.98. The van der Waals surface area contributed by atoms with Crippen LogP contribution in [-0.2, 0) is 4.57 Å². The van der Waals surface area contributed by atoms with Crippen molar-refractivity contribution in [2.24, 2.45) is 5.50 Å². The summed E-state index contributed by atoms with van der Waals surface area (Å²) in [5.74, 6) is 1.30. The number of hydrogen-bond donors (Lipinski definition) is 2. The van der Waals surface area contributed by atoms with E-state index in [2.05, 4.69) is 0 Å². The van der Waals surface area contributed by atoms with E-state index in [1.54, 1.807) is 12.1 Å². The lowest BCUT2D eigenvalue weighted by Gasteiger charge is -2.08. The smallest absolute Gasteiger partial charge is 0.294 e. The molecule has 2 aromatic rings. The summed E-state index contributed by atoms with van der Waals surface area (Å²) in [5.41, 5.74) is 5.13. The number of hydrogen-bond acceptors (Lipinski definition) is 2. The fourth-order valence-electron chi connectivity index (χ4n) is 1.35. The van der Waals surface area contributed by atoms with Gasteiger partial charge in [-0.05, 0) is 36.4 Å². The summed E-state index contributed by atoms with van der Waals surface area (Å²) in [7, 11) is -3.68. The molecule has 0 amide bonds. The average molecular weight is 249 g/mol. The molecule has 2 rings (SSSR count). The first-order valence-electron chi connectivity index (χ1n) is 5.00. The molecule has 1 atom stereocenters. The van der Waals surface area contributed by atoms with E-state index in [-0.39, 0.29) is 5.30 Å². The van der Waals surface area contributed by atoms with Crippen LogP contribution in [0.15, 0.2) is 54.6 Å². The lowest BCUT2D eigenvalue weighted by atomic mass is 10.3. The summed E-state index contributed by atoms with van der Waals surface area (Å²) in [6.45, 7) is 0. The molecule has 3 N–H and O–H groups in total. The molecule has 0 heterocycles. The summed E-state index contributed by atoms with van der Waals surface area (Å²) < 4.78 is 16.7. The molecule has 0 aliphatic rings. The van der Waals surface area contributed by atoms with Crippen molar-refractivity contribution < 1.29 is 14.2 Å². The molecule has 0 aromatic heterocycles. The fourth-order valence-corrected chi connectivity index (χ4v) is 1.93. The van der Waals surface area contributed by atoms with Gasteiger partial charge in [0.1, 0.15) is 11.5 Å². The Morgan fingerprint density at radius 3 is 2.00 bits per heavy atom. The molecule has 0 radical (unpaired) electrons. The summed E-state index contributed by atoms with van der Waals surface area (Å²) >= 11 is 0. The minimum Gasteiger partial charge on any atom is -0.457 e. The first-order chi connectivity index (χ1) is 8.05. The van der Waals surface area contributed by atoms with Gasteiger partial charge in [-0.2, -0.15) is 0 Å². The van der Waals surface area contributed by atoms with Crippen LogP contribution >= 0.6 is 7.52 Å². The number of benzene rings is 2. The normalized spacial score (nSPS) is 14.0. The molecule has 0 bridgehead atoms. The zero-order chi connectivity index (χ0) is 12.3. The van der Waals surface area contributed by atoms with Crippen LogP contribution in [0.25, 0.3) is 0 Å². The van der Waals surface area contributed by atoms with Gasteiger partial charge in [-0.25, -0.2) is 0 Å². The van der Waals surface area contributed by atoms with Crippen LogP contribution in [0.5, 0.6) is 11.5 Å². The Bertz CT molecular complexity index is 533. The van der Waals surface area contributed by atoms with E-state index >= 15 is 0 Å². The molecular formula is C12H12NO3P. The molecule has 0 saturated carbocycles. The number of para-hydroxylation sites is 1. The highest BCUT2D eigenvalue weighted by Crippen LogP contribution is 2.29. The van der Waals surface area contributed by atoms with Crippen molar-refractivity contribution in [3.8, 4) is 11.5 Å². The Balaban J connectivity index is 2.17. The van der Waals surface area contributed by atoms with E-state index in [9.17, 15) is 4.57 Å². The minimum absolute atomic E-state index is 0.206. The SMILES string of the molecule is NP(=O)(O)c1ccc(Oc2ccccc2)cc1. The molecule has 2 aromatic carbocycles. The van der Waals surface area contributed by atoms with Crippen molar-refractivity contribution in [2.45, 2.75) is 0 Å². The molecule has 0 spiro atoms. The zero-order valence-corrected chi connectivity index (χ0v) is 9.88. The maximum atomic E-state index is 11.2. The Hall–Kier alpha value is -1.61. The summed E-state index contributed by atoms with van der Waals surface area (Å²) in [5, 5.41) is 0.206. The number of ether oxygens (including phenoxy) is 1. The van der Waals surface area contributed by atoms with Gasteiger partial charge in [0, 0.05) is 0 Å². The molecule has 0 fully saturated rings. The Morgan fingerprint density at radius 1 is 0.941 bits per heavy atom. The van der Waals surface area contributed by atoms with Gasteiger partial charge in [0.15, 0.2) is 0 Å². The van der Waals surface area contributed by atoms with E-state index < -0.39 is 7.52 Å². The van der Waals surface area contributed by atoms with E-state index in [0.717, 1.165) is 0 Å². The third-order valence-electron chi connectivity index (χ3n) is 2.19. The summed E-state index contributed by atoms with van der Waals surface area (Å²) in [4.78, 5) is 9.16. The molecule has 0 aliphatic carbocycles. The fraction of sp³-hybridized carbons (Fsp3) is 0. The van der Waals surface area contributed by atoms with Crippen LogP contribution in [0, 0.1) is 0 Å². The van der Waals surface area contributed by atoms with Crippen molar-refractivity contribution in [2.75, 3.05) is 0 Å². The van der Waals surface area contributed by atoms with Gasteiger partial charge in [-0.3, -0.25) is 10.1 Å². The number of rotatable bonds is 3. The van der Waals surface area contributed by atoms with Gasteiger partial charge in [0.05, 0.1) is 5.30 Å². The molecular weight excluding hydrogens is 237 g/mol. The second-order valence-electron chi connectivity index (χ2n) is 3.53. The summed E-state index contributed by atoms with van der Waals surface area (Å²) in [6, 6.07) is 15.5. The van der Waals surface area contributed by atoms with Crippen LogP contribution in [0.2, 0.25) is 0 Å². The highest BCUT2D eigenvalue weighted by molar-refractivity contribution is 7.63. The van der Waals surface area contributed by atoms with Crippen LogP contribution in [-0.4, -0.2) is 4.89 Å². The molecule has 17 heavy (non-hydrogen) atoms. The van der Waals surface area contributed by atoms with Gasteiger partial charge >= 0.3 is 0 Å². The minimum atomic E-state index is -3.68. The van der Waals surface area contributed by atoms with Gasteiger partial charge < -0.3 is 9.63 Å². The lowest BCUT2D eigenvalue weighted by molar-refractivity contribution is 0.482.